The molecule has 3 N–H and O–H groups in total. The van der Waals surface area contributed by atoms with Crippen molar-refractivity contribution >= 4 is 23.6 Å². The van der Waals surface area contributed by atoms with Crippen LogP contribution in [0.25, 0.3) is 11.1 Å². The smallest absolute Gasteiger partial charge is 0.220 e. The Labute approximate surface area is 282 Å². The molecule has 4 aromatic carbocycles. The molecule has 1 fully saturated rings. The number of nitrogens with one attached hydrogen (secondary N) is 2. The lowest BCUT2D eigenvalue weighted by molar-refractivity contribution is -0.245. The Morgan fingerprint density at radius 2 is 1.55 bits per heavy atom. The fourth-order valence-electron chi connectivity index (χ4n) is 5.56. The molecular weight excluding hydrogens is 609 g/mol. The first-order valence-electron chi connectivity index (χ1n) is 16.4. The molecule has 3 atom stereocenters. The largest absolute Gasteiger partial charge is 0.392 e. The molecule has 3 unspecified atom stereocenters. The third-order valence-corrected chi connectivity index (χ3v) is 9.33. The van der Waals surface area contributed by atoms with Gasteiger partial charge in [0.2, 0.25) is 11.8 Å². The van der Waals surface area contributed by atoms with E-state index >= 15 is 0 Å². The van der Waals surface area contributed by atoms with Crippen LogP contribution in [0.3, 0.4) is 0 Å². The number of benzene rings is 4. The van der Waals surface area contributed by atoms with Gasteiger partial charge >= 0.3 is 0 Å². The van der Waals surface area contributed by atoms with Crippen molar-refractivity contribution in [2.75, 3.05) is 12.3 Å². The van der Waals surface area contributed by atoms with Gasteiger partial charge in [0.15, 0.2) is 6.29 Å². The molecule has 1 heterocycles. The molecule has 1 aliphatic rings. The van der Waals surface area contributed by atoms with Crippen molar-refractivity contribution in [3.8, 4) is 11.1 Å². The van der Waals surface area contributed by atoms with Crippen molar-refractivity contribution in [1.82, 2.24) is 10.6 Å². The van der Waals surface area contributed by atoms with E-state index in [2.05, 4.69) is 71.3 Å². The second kappa shape index (κ2) is 17.8. The minimum atomic E-state index is -0.506. The van der Waals surface area contributed by atoms with E-state index in [1.54, 1.807) is 11.8 Å². The molecule has 7 nitrogen and oxygen atoms in total. The average Bonchev–Trinajstić information content (AvgIpc) is 3.11. The highest BCUT2D eigenvalue weighted by Gasteiger charge is 2.32. The van der Waals surface area contributed by atoms with Gasteiger partial charge in [-0.05, 0) is 58.9 Å². The minimum absolute atomic E-state index is 0.00298. The van der Waals surface area contributed by atoms with E-state index in [1.165, 1.54) is 11.8 Å². The van der Waals surface area contributed by atoms with E-state index in [0.29, 0.717) is 19.5 Å². The molecule has 1 aliphatic heterocycles. The lowest BCUT2D eigenvalue weighted by Crippen LogP contribution is -2.31. The number of hydrogen-bond acceptors (Lipinski definition) is 6. The number of rotatable bonds is 15. The van der Waals surface area contributed by atoms with Gasteiger partial charge in [-0.2, -0.15) is 0 Å². The van der Waals surface area contributed by atoms with Crippen LogP contribution in [0.5, 0.6) is 0 Å². The molecule has 8 heteroatoms. The molecular formula is C39H44N2O5S. The van der Waals surface area contributed by atoms with Crippen LogP contribution in [0.2, 0.25) is 0 Å². The van der Waals surface area contributed by atoms with Crippen molar-refractivity contribution in [1.29, 1.82) is 0 Å². The molecule has 4 aromatic rings. The summed E-state index contributed by atoms with van der Waals surface area (Å²) in [6, 6.07) is 34.9. The fraction of sp³-hybridized carbons (Fsp3) is 0.333. The molecule has 1 saturated heterocycles. The molecule has 0 saturated carbocycles. The van der Waals surface area contributed by atoms with Crippen LogP contribution in [0.15, 0.2) is 108 Å². The van der Waals surface area contributed by atoms with Crippen LogP contribution in [0.4, 0.5) is 0 Å². The number of unbranched alkanes of at least 4 members (excludes halogenated alkanes) is 2. The van der Waals surface area contributed by atoms with Crippen molar-refractivity contribution in [2.24, 2.45) is 0 Å². The summed E-state index contributed by atoms with van der Waals surface area (Å²) in [6.07, 6.45) is 3.17. The van der Waals surface area contributed by atoms with Gasteiger partial charge in [-0.15, -0.1) is 11.8 Å². The summed E-state index contributed by atoms with van der Waals surface area (Å²) >= 11 is 1.79. The van der Waals surface area contributed by atoms with Crippen LogP contribution in [0.1, 0.15) is 73.7 Å². The first kappa shape index (κ1) is 34.4. The van der Waals surface area contributed by atoms with Gasteiger partial charge in [0.25, 0.3) is 0 Å². The van der Waals surface area contributed by atoms with Crippen LogP contribution >= 0.6 is 11.8 Å². The summed E-state index contributed by atoms with van der Waals surface area (Å²) in [5.41, 5.74) is 6.10. The van der Waals surface area contributed by atoms with Gasteiger partial charge in [-0.25, -0.2) is 0 Å². The number of ether oxygens (including phenoxy) is 2. The van der Waals surface area contributed by atoms with Crippen molar-refractivity contribution in [3.05, 3.63) is 125 Å². The van der Waals surface area contributed by atoms with Crippen LogP contribution in [-0.2, 0) is 32.2 Å². The van der Waals surface area contributed by atoms with Gasteiger partial charge in [0.1, 0.15) is 0 Å². The maximum atomic E-state index is 12.4. The number of amides is 2. The normalized spacial score (nSPS) is 17.6. The van der Waals surface area contributed by atoms with Gasteiger partial charge < -0.3 is 25.2 Å². The van der Waals surface area contributed by atoms with E-state index in [9.17, 15) is 14.7 Å². The second-order valence-corrected chi connectivity index (χ2v) is 13.0. The highest BCUT2D eigenvalue weighted by atomic mass is 32.2. The molecule has 246 valence electrons. The standard InChI is InChI=1S/C39H44N2O5S/c1-28(43)40-22-7-3-6-13-38(44)41-25-30-9-8-10-34(23-30)31-18-20-33(21-19-31)39-45-35(27-47-36-11-4-2-5-12-36)24-37(46-39)32-16-14-29(26-42)15-17-32/h2,4-5,8-12,14-21,23,35,37,39,42H,3,6-7,13,22,24-27H2,1H3,(H,40,43)(H,41,44). The van der Waals surface area contributed by atoms with Gasteiger partial charge in [-0.1, -0.05) is 91.3 Å². The van der Waals surface area contributed by atoms with E-state index in [0.717, 1.165) is 64.8 Å². The van der Waals surface area contributed by atoms with Gasteiger partial charge in [0.05, 0.1) is 18.8 Å². The third kappa shape index (κ3) is 10.8. The summed E-state index contributed by atoms with van der Waals surface area (Å²) in [4.78, 5) is 24.5. The van der Waals surface area contributed by atoms with Crippen LogP contribution < -0.4 is 10.6 Å². The molecule has 0 aliphatic carbocycles. The van der Waals surface area contributed by atoms with E-state index in [1.807, 2.05) is 42.5 Å². The fourth-order valence-corrected chi connectivity index (χ4v) is 6.51. The first-order valence-corrected chi connectivity index (χ1v) is 17.3. The molecule has 0 aromatic heterocycles. The van der Waals surface area contributed by atoms with Crippen LogP contribution in [0, 0.1) is 0 Å². The van der Waals surface area contributed by atoms with Crippen LogP contribution in [-0.4, -0.2) is 35.3 Å². The highest BCUT2D eigenvalue weighted by molar-refractivity contribution is 7.99. The second-order valence-electron chi connectivity index (χ2n) is 11.9. The minimum Gasteiger partial charge on any atom is -0.392 e. The average molecular weight is 653 g/mol. The number of aliphatic hydroxyl groups excluding tert-OH is 1. The molecule has 0 bridgehead atoms. The summed E-state index contributed by atoms with van der Waals surface area (Å²) < 4.78 is 13.1. The Bertz CT molecular complexity index is 1560. The van der Waals surface area contributed by atoms with Crippen molar-refractivity contribution < 1.29 is 24.2 Å². The lowest BCUT2D eigenvalue weighted by Gasteiger charge is -2.36. The zero-order valence-corrected chi connectivity index (χ0v) is 27.7. The summed E-state index contributed by atoms with van der Waals surface area (Å²) in [5.74, 6) is 0.830. The Morgan fingerprint density at radius 1 is 0.787 bits per heavy atom. The first-order chi connectivity index (χ1) is 23.0. The Balaban J connectivity index is 1.19. The summed E-state index contributed by atoms with van der Waals surface area (Å²) in [7, 11) is 0. The third-order valence-electron chi connectivity index (χ3n) is 8.18. The maximum absolute atomic E-state index is 12.4. The zero-order chi connectivity index (χ0) is 32.8. The number of hydrogen-bond donors (Lipinski definition) is 3. The highest BCUT2D eigenvalue weighted by Crippen LogP contribution is 2.40. The Kier molecular flexibility index (Phi) is 13.0. The molecule has 47 heavy (non-hydrogen) atoms. The van der Waals surface area contributed by atoms with E-state index in [4.69, 9.17) is 9.47 Å². The molecule has 0 spiro atoms. The molecule has 5 rings (SSSR count). The summed E-state index contributed by atoms with van der Waals surface area (Å²) in [6.45, 7) is 2.66. The predicted octanol–water partition coefficient (Wildman–Crippen LogP) is 7.50. The Morgan fingerprint density at radius 3 is 2.30 bits per heavy atom. The lowest BCUT2D eigenvalue weighted by atomic mass is 9.99. The van der Waals surface area contributed by atoms with Crippen molar-refractivity contribution in [3.63, 3.8) is 0 Å². The number of carbonyl (C=O) groups excluding carboxylic acids is 2. The van der Waals surface area contributed by atoms with E-state index < -0.39 is 6.29 Å². The maximum Gasteiger partial charge on any atom is 0.220 e. The van der Waals surface area contributed by atoms with E-state index in [-0.39, 0.29) is 30.6 Å². The number of thioether (sulfide) groups is 1. The summed E-state index contributed by atoms with van der Waals surface area (Å²) in [5, 5.41) is 15.3. The zero-order valence-electron chi connectivity index (χ0n) is 26.9. The predicted molar refractivity (Wildman–Crippen MR) is 186 cm³/mol. The van der Waals surface area contributed by atoms with Gasteiger partial charge in [0, 0.05) is 49.1 Å². The topological polar surface area (TPSA) is 96.9 Å². The SMILES string of the molecule is CC(=O)NCCCCCC(=O)NCc1cccc(-c2ccc(C3OC(CSc4ccccc4)CC(c4ccc(CO)cc4)O3)cc2)c1. The molecule has 0 radical (unpaired) electrons. The number of aliphatic hydroxyl groups is 1. The van der Waals surface area contributed by atoms with Crippen molar-refractivity contribution in [2.45, 2.75) is 75.6 Å². The Hall–Kier alpha value is -3.95. The molecule has 2 amide bonds. The quantitative estimate of drug-likeness (QED) is 0.0910. The number of carbonyl (C=O) groups is 2. The monoisotopic (exact) mass is 652 g/mol. The van der Waals surface area contributed by atoms with Gasteiger partial charge in [-0.3, -0.25) is 9.59 Å².